The van der Waals surface area contributed by atoms with Crippen LogP contribution in [-0.2, 0) is 11.2 Å². The van der Waals surface area contributed by atoms with Crippen LogP contribution < -0.4 is 5.32 Å². The van der Waals surface area contributed by atoms with Crippen LogP contribution in [0.1, 0.15) is 51.8 Å². The average molecular weight is 342 g/mol. The normalized spacial score (nSPS) is 26.4. The van der Waals surface area contributed by atoms with E-state index < -0.39 is 0 Å². The molecule has 0 aliphatic carbocycles. The van der Waals surface area contributed by atoms with Gasteiger partial charge in [-0.05, 0) is 47.0 Å². The second-order valence-corrected chi connectivity index (χ2v) is 7.92. The number of hydrogen-bond donors (Lipinski definition) is 1. The zero-order valence-electron chi connectivity index (χ0n) is 12.6. The highest BCUT2D eigenvalue weighted by Crippen LogP contribution is 2.38. The van der Waals surface area contributed by atoms with Gasteiger partial charge in [-0.2, -0.15) is 5.10 Å². The first-order valence-electron chi connectivity index (χ1n) is 7.58. The lowest BCUT2D eigenvalue weighted by Gasteiger charge is -2.29. The Bertz CT molecular complexity index is 486. The highest BCUT2D eigenvalue weighted by atomic mass is 79.9. The lowest BCUT2D eigenvalue weighted by molar-refractivity contribution is 0.0589. The van der Waals surface area contributed by atoms with Crippen molar-refractivity contribution in [1.29, 1.82) is 0 Å². The maximum atomic E-state index is 5.90. The van der Waals surface area contributed by atoms with Crippen LogP contribution in [0.15, 0.2) is 4.47 Å². The predicted octanol–water partition coefficient (Wildman–Crippen LogP) is 3.77. The molecule has 20 heavy (non-hydrogen) atoms. The van der Waals surface area contributed by atoms with Crippen molar-refractivity contribution >= 4 is 21.7 Å². The predicted molar refractivity (Wildman–Crippen MR) is 84.2 cm³/mol. The summed E-state index contributed by atoms with van der Waals surface area (Å²) in [7, 11) is 0. The van der Waals surface area contributed by atoms with Crippen molar-refractivity contribution in [3.05, 3.63) is 10.2 Å². The van der Waals surface area contributed by atoms with Crippen molar-refractivity contribution in [1.82, 2.24) is 9.78 Å². The molecule has 2 aliphatic rings. The molecule has 5 heteroatoms. The first-order chi connectivity index (χ1) is 9.46. The number of hydrogen-bond acceptors (Lipinski definition) is 3. The van der Waals surface area contributed by atoms with Crippen LogP contribution in [0.5, 0.6) is 0 Å². The minimum atomic E-state index is 0.242. The fourth-order valence-corrected chi connectivity index (χ4v) is 3.73. The Hall–Kier alpha value is -0.550. The van der Waals surface area contributed by atoms with E-state index in [-0.39, 0.29) is 5.41 Å². The van der Waals surface area contributed by atoms with Crippen LogP contribution >= 0.6 is 15.9 Å². The van der Waals surface area contributed by atoms with Crippen LogP contribution in [0.4, 0.5) is 5.82 Å². The maximum absolute atomic E-state index is 5.90. The van der Waals surface area contributed by atoms with Gasteiger partial charge >= 0.3 is 0 Å². The number of halogens is 1. The summed E-state index contributed by atoms with van der Waals surface area (Å²) in [5, 5.41) is 8.38. The highest BCUT2D eigenvalue weighted by molar-refractivity contribution is 9.10. The van der Waals surface area contributed by atoms with Crippen LogP contribution in [0.2, 0.25) is 0 Å². The van der Waals surface area contributed by atoms with E-state index in [1.165, 1.54) is 6.42 Å². The van der Waals surface area contributed by atoms with Crippen LogP contribution in [0.3, 0.4) is 0 Å². The summed E-state index contributed by atoms with van der Waals surface area (Å²) in [6, 6.07) is 0.388. The molecule has 0 aromatic carbocycles. The number of anilines is 1. The number of aromatic nitrogens is 2. The van der Waals surface area contributed by atoms with E-state index in [0.717, 1.165) is 48.4 Å². The van der Waals surface area contributed by atoms with Crippen molar-refractivity contribution < 1.29 is 4.74 Å². The molecule has 2 aliphatic heterocycles. The molecule has 0 radical (unpaired) electrons. The summed E-state index contributed by atoms with van der Waals surface area (Å²) in [4.78, 5) is 0. The molecule has 3 heterocycles. The minimum absolute atomic E-state index is 0.242. The molecule has 2 unspecified atom stereocenters. The second-order valence-electron chi connectivity index (χ2n) is 7.13. The van der Waals surface area contributed by atoms with Gasteiger partial charge in [0.2, 0.25) is 0 Å². The smallest absolute Gasteiger partial charge is 0.139 e. The molecule has 0 amide bonds. The lowest BCUT2D eigenvalue weighted by Crippen LogP contribution is -2.32. The SMILES string of the molecule is CC(C)(C)Cc1nn2c(c1Br)NCCC2C1CCCO1. The standard InChI is InChI=1S/C15H24BrN3O/c1-15(2,3)9-10-13(16)14-17-7-6-11(19(14)18-10)12-5-4-8-20-12/h11-12,17H,4-9H2,1-3H3. The molecule has 2 atom stereocenters. The van der Waals surface area contributed by atoms with Crippen LogP contribution in [0.25, 0.3) is 0 Å². The van der Waals surface area contributed by atoms with Gasteiger partial charge in [0.25, 0.3) is 0 Å². The molecule has 1 aromatic rings. The van der Waals surface area contributed by atoms with Crippen LogP contribution in [-0.4, -0.2) is 29.0 Å². The molecule has 112 valence electrons. The van der Waals surface area contributed by atoms with Gasteiger partial charge in [-0.3, -0.25) is 0 Å². The lowest BCUT2D eigenvalue weighted by atomic mass is 9.91. The molecule has 3 rings (SSSR count). The highest BCUT2D eigenvalue weighted by Gasteiger charge is 2.34. The monoisotopic (exact) mass is 341 g/mol. The summed E-state index contributed by atoms with van der Waals surface area (Å²) in [5.74, 6) is 1.14. The van der Waals surface area contributed by atoms with Gasteiger partial charge in [0.15, 0.2) is 0 Å². The third-order valence-corrected chi connectivity index (χ3v) is 4.89. The second kappa shape index (κ2) is 5.34. The molecular formula is C15H24BrN3O. The summed E-state index contributed by atoms with van der Waals surface area (Å²) in [5.41, 5.74) is 1.40. The molecule has 1 N–H and O–H groups in total. The number of rotatable bonds is 2. The third kappa shape index (κ3) is 2.75. The zero-order chi connectivity index (χ0) is 14.3. The van der Waals surface area contributed by atoms with Crippen LogP contribution in [0, 0.1) is 5.41 Å². The Morgan fingerprint density at radius 3 is 2.85 bits per heavy atom. The molecule has 0 spiro atoms. The average Bonchev–Trinajstić information content (AvgIpc) is 2.97. The number of nitrogens with one attached hydrogen (secondary N) is 1. The first-order valence-corrected chi connectivity index (χ1v) is 8.37. The minimum Gasteiger partial charge on any atom is -0.376 e. The van der Waals surface area contributed by atoms with Crippen molar-refractivity contribution in [3.63, 3.8) is 0 Å². The van der Waals surface area contributed by atoms with Gasteiger partial charge in [-0.25, -0.2) is 4.68 Å². The molecular weight excluding hydrogens is 318 g/mol. The third-order valence-electron chi connectivity index (χ3n) is 4.06. The summed E-state index contributed by atoms with van der Waals surface area (Å²) in [6.45, 7) is 8.67. The Kier molecular flexibility index (Phi) is 3.84. The van der Waals surface area contributed by atoms with E-state index in [4.69, 9.17) is 9.84 Å². The van der Waals surface area contributed by atoms with E-state index in [1.807, 2.05) is 0 Å². The van der Waals surface area contributed by atoms with Crippen molar-refractivity contribution in [3.8, 4) is 0 Å². The quantitative estimate of drug-likeness (QED) is 0.889. The molecule has 4 nitrogen and oxygen atoms in total. The van der Waals surface area contributed by atoms with Crippen molar-refractivity contribution in [2.45, 2.75) is 58.6 Å². The summed E-state index contributed by atoms with van der Waals surface area (Å²) >= 11 is 3.74. The van der Waals surface area contributed by atoms with Gasteiger partial charge in [0.05, 0.1) is 22.3 Å². The van der Waals surface area contributed by atoms with Gasteiger partial charge in [0.1, 0.15) is 5.82 Å². The molecule has 1 fully saturated rings. The summed E-state index contributed by atoms with van der Waals surface area (Å²) < 4.78 is 9.20. The number of ether oxygens (including phenoxy) is 1. The molecule has 1 aromatic heterocycles. The van der Waals surface area contributed by atoms with E-state index >= 15 is 0 Å². The molecule has 0 bridgehead atoms. The Morgan fingerprint density at radius 2 is 2.20 bits per heavy atom. The topological polar surface area (TPSA) is 39.1 Å². The maximum Gasteiger partial charge on any atom is 0.139 e. The van der Waals surface area contributed by atoms with Gasteiger partial charge in [0, 0.05) is 13.2 Å². The fourth-order valence-electron chi connectivity index (χ4n) is 3.19. The Morgan fingerprint density at radius 1 is 1.40 bits per heavy atom. The molecule has 1 saturated heterocycles. The van der Waals surface area contributed by atoms with Gasteiger partial charge < -0.3 is 10.1 Å². The van der Waals surface area contributed by atoms with E-state index in [2.05, 4.69) is 46.7 Å². The largest absolute Gasteiger partial charge is 0.376 e. The number of fused-ring (bicyclic) bond motifs is 1. The zero-order valence-corrected chi connectivity index (χ0v) is 14.2. The summed E-state index contributed by atoms with van der Waals surface area (Å²) in [6.07, 6.45) is 4.76. The van der Waals surface area contributed by atoms with E-state index in [0.29, 0.717) is 12.1 Å². The van der Waals surface area contributed by atoms with Crippen molar-refractivity contribution in [2.75, 3.05) is 18.5 Å². The van der Waals surface area contributed by atoms with Gasteiger partial charge in [-0.1, -0.05) is 20.8 Å². The first kappa shape index (κ1) is 14.4. The van der Waals surface area contributed by atoms with E-state index in [9.17, 15) is 0 Å². The molecule has 0 saturated carbocycles. The van der Waals surface area contributed by atoms with E-state index in [1.54, 1.807) is 0 Å². The fraction of sp³-hybridized carbons (Fsp3) is 0.800. The number of nitrogens with zero attached hydrogens (tertiary/aromatic N) is 2. The Balaban J connectivity index is 1.91. The van der Waals surface area contributed by atoms with Gasteiger partial charge in [-0.15, -0.1) is 0 Å². The van der Waals surface area contributed by atoms with Crippen molar-refractivity contribution in [2.24, 2.45) is 5.41 Å². The Labute approximate surface area is 129 Å².